The summed E-state index contributed by atoms with van der Waals surface area (Å²) >= 11 is 0. The number of nitriles is 3. The van der Waals surface area contributed by atoms with Crippen LogP contribution in [0.15, 0.2) is 0 Å². The Kier molecular flexibility index (Phi) is 20.2. The molecule has 0 aliphatic rings. The van der Waals surface area contributed by atoms with Crippen molar-refractivity contribution in [3.63, 3.8) is 0 Å². The molecule has 176 valence electrons. The first kappa shape index (κ1) is 29.2. The molecule has 0 fully saturated rings. The molecule has 0 saturated heterocycles. The summed E-state index contributed by atoms with van der Waals surface area (Å²) in [6.45, 7) is 0. The topological polar surface area (TPSA) is 163 Å². The highest BCUT2D eigenvalue weighted by Gasteiger charge is 2.35. The standard InChI is InChI=1S/C21H36N4O6/c22-16-10-4-1-7-13-19(29-26)25(20(30-27)14-8-2-5-11-17-23)21(31-28)15-9-3-6-12-18-24/h19-21,26-28H,1-15H2. The van der Waals surface area contributed by atoms with Crippen molar-refractivity contribution >= 4 is 0 Å². The van der Waals surface area contributed by atoms with Crippen LogP contribution in [-0.4, -0.2) is 39.4 Å². The van der Waals surface area contributed by atoms with Crippen molar-refractivity contribution in [1.29, 1.82) is 15.8 Å². The SMILES string of the molecule is N#CCCCCCC(OO)N(C(CCCCCC#N)OO)C(CCCCCC#N)OO. The molecule has 10 nitrogen and oxygen atoms in total. The fourth-order valence-electron chi connectivity index (χ4n) is 3.42. The molecular formula is C21H36N4O6. The van der Waals surface area contributed by atoms with Gasteiger partial charge in [-0.3, -0.25) is 15.8 Å². The maximum Gasteiger partial charge on any atom is 0.150 e. The summed E-state index contributed by atoms with van der Waals surface area (Å²) in [6, 6.07) is 6.26. The molecule has 0 aromatic carbocycles. The highest BCUT2D eigenvalue weighted by molar-refractivity contribution is 4.74. The zero-order valence-corrected chi connectivity index (χ0v) is 18.2. The number of rotatable bonds is 21. The number of hydrogen-bond acceptors (Lipinski definition) is 10. The van der Waals surface area contributed by atoms with E-state index in [1.54, 1.807) is 0 Å². The first-order chi connectivity index (χ1) is 15.2. The molecule has 0 radical (unpaired) electrons. The average molecular weight is 441 g/mol. The molecule has 0 bridgehead atoms. The van der Waals surface area contributed by atoms with Gasteiger partial charge in [-0.1, -0.05) is 19.3 Å². The van der Waals surface area contributed by atoms with Crippen molar-refractivity contribution < 1.29 is 30.4 Å². The Morgan fingerprint density at radius 2 is 0.806 bits per heavy atom. The Balaban J connectivity index is 5.12. The van der Waals surface area contributed by atoms with E-state index in [0.717, 1.165) is 38.5 Å². The maximum absolute atomic E-state index is 9.53. The highest BCUT2D eigenvalue weighted by atomic mass is 17.1. The van der Waals surface area contributed by atoms with Gasteiger partial charge in [-0.25, -0.2) is 19.6 Å². The van der Waals surface area contributed by atoms with Crippen molar-refractivity contribution in [2.45, 2.75) is 115 Å². The lowest BCUT2D eigenvalue weighted by atomic mass is 10.1. The minimum atomic E-state index is -0.894. The van der Waals surface area contributed by atoms with Crippen molar-refractivity contribution in [1.82, 2.24) is 4.90 Å². The summed E-state index contributed by atoms with van der Waals surface area (Å²) in [5.74, 6) is 0. The third kappa shape index (κ3) is 14.0. The van der Waals surface area contributed by atoms with Crippen LogP contribution >= 0.6 is 0 Å². The molecular weight excluding hydrogens is 404 g/mol. The van der Waals surface area contributed by atoms with Gasteiger partial charge in [0.15, 0.2) is 0 Å². The van der Waals surface area contributed by atoms with E-state index in [4.69, 9.17) is 15.8 Å². The number of hydrogen-bond donors (Lipinski definition) is 3. The predicted octanol–water partition coefficient (Wildman–Crippen LogP) is 5.16. The van der Waals surface area contributed by atoms with E-state index in [2.05, 4.69) is 32.9 Å². The van der Waals surface area contributed by atoms with Crippen LogP contribution in [0.5, 0.6) is 0 Å². The van der Waals surface area contributed by atoms with Crippen molar-refractivity contribution in [2.24, 2.45) is 0 Å². The van der Waals surface area contributed by atoms with Crippen LogP contribution in [-0.2, 0) is 14.7 Å². The predicted molar refractivity (Wildman–Crippen MR) is 110 cm³/mol. The first-order valence-corrected chi connectivity index (χ1v) is 11.0. The molecule has 3 N–H and O–H groups in total. The van der Waals surface area contributed by atoms with Gasteiger partial charge in [0.1, 0.15) is 18.7 Å². The van der Waals surface area contributed by atoms with E-state index in [9.17, 15) is 15.8 Å². The van der Waals surface area contributed by atoms with E-state index in [0.29, 0.717) is 57.8 Å². The maximum atomic E-state index is 9.53. The highest BCUT2D eigenvalue weighted by Crippen LogP contribution is 2.25. The van der Waals surface area contributed by atoms with Gasteiger partial charge in [-0.05, 0) is 57.8 Å². The van der Waals surface area contributed by atoms with E-state index in [-0.39, 0.29) is 0 Å². The molecule has 3 atom stereocenters. The van der Waals surface area contributed by atoms with Crippen LogP contribution in [0, 0.1) is 34.0 Å². The van der Waals surface area contributed by atoms with Gasteiger partial charge in [-0.2, -0.15) is 15.8 Å². The Morgan fingerprint density at radius 1 is 0.516 bits per heavy atom. The quantitative estimate of drug-likeness (QED) is 0.0940. The van der Waals surface area contributed by atoms with E-state index >= 15 is 0 Å². The van der Waals surface area contributed by atoms with Gasteiger partial charge in [0.25, 0.3) is 0 Å². The summed E-state index contributed by atoms with van der Waals surface area (Å²) in [5.41, 5.74) is 0. The Hall–Kier alpha value is -1.81. The minimum absolute atomic E-state index is 0.379. The zero-order valence-electron chi connectivity index (χ0n) is 18.2. The average Bonchev–Trinajstić information content (AvgIpc) is 2.79. The number of nitrogens with zero attached hydrogens (tertiary/aromatic N) is 4. The summed E-state index contributed by atoms with van der Waals surface area (Å²) in [5, 5.41) is 54.5. The van der Waals surface area contributed by atoms with Gasteiger partial charge in [0.2, 0.25) is 0 Å². The van der Waals surface area contributed by atoms with Crippen LogP contribution in [0.4, 0.5) is 0 Å². The third-order valence-corrected chi connectivity index (χ3v) is 5.08. The van der Waals surface area contributed by atoms with Crippen molar-refractivity contribution in [3.05, 3.63) is 0 Å². The lowest BCUT2D eigenvalue weighted by molar-refractivity contribution is -0.419. The monoisotopic (exact) mass is 440 g/mol. The van der Waals surface area contributed by atoms with Gasteiger partial charge >= 0.3 is 0 Å². The molecule has 31 heavy (non-hydrogen) atoms. The molecule has 0 aliphatic heterocycles. The fraction of sp³-hybridized carbons (Fsp3) is 0.857. The minimum Gasteiger partial charge on any atom is -0.250 e. The summed E-state index contributed by atoms with van der Waals surface area (Å²) < 4.78 is 0. The van der Waals surface area contributed by atoms with Crippen LogP contribution in [0.3, 0.4) is 0 Å². The molecule has 0 amide bonds. The molecule has 0 heterocycles. The lowest BCUT2D eigenvalue weighted by Crippen LogP contribution is -2.52. The molecule has 0 aliphatic carbocycles. The van der Waals surface area contributed by atoms with Crippen LogP contribution in [0.25, 0.3) is 0 Å². The van der Waals surface area contributed by atoms with Gasteiger partial charge in [0.05, 0.1) is 18.2 Å². The second-order valence-corrected chi connectivity index (χ2v) is 7.40. The van der Waals surface area contributed by atoms with Crippen LogP contribution in [0.1, 0.15) is 96.3 Å². The Bertz CT molecular complexity index is 469. The van der Waals surface area contributed by atoms with Gasteiger partial charge in [-0.15, -0.1) is 0 Å². The largest absolute Gasteiger partial charge is 0.250 e. The molecule has 0 aromatic heterocycles. The van der Waals surface area contributed by atoms with Crippen LogP contribution < -0.4 is 0 Å². The zero-order chi connectivity index (χ0) is 23.2. The number of unbranched alkanes of at least 4 members (excludes halogenated alkanes) is 9. The van der Waals surface area contributed by atoms with Gasteiger partial charge < -0.3 is 0 Å². The summed E-state index contributed by atoms with van der Waals surface area (Å²) in [7, 11) is 0. The third-order valence-electron chi connectivity index (χ3n) is 5.08. The normalized spacial score (nSPS) is 13.8. The van der Waals surface area contributed by atoms with Crippen molar-refractivity contribution in [3.8, 4) is 18.2 Å². The molecule has 0 aromatic rings. The smallest absolute Gasteiger partial charge is 0.150 e. The van der Waals surface area contributed by atoms with Gasteiger partial charge in [0, 0.05) is 19.3 Å². The molecule has 10 heteroatoms. The van der Waals surface area contributed by atoms with E-state index in [1.807, 2.05) is 0 Å². The summed E-state index contributed by atoms with van der Waals surface area (Å²) in [4.78, 5) is 15.5. The second kappa shape index (κ2) is 21.4. The molecule has 0 rings (SSSR count). The molecule has 0 saturated carbocycles. The first-order valence-electron chi connectivity index (χ1n) is 11.0. The Labute approximate surface area is 184 Å². The second-order valence-electron chi connectivity index (χ2n) is 7.40. The molecule has 0 spiro atoms. The fourth-order valence-corrected chi connectivity index (χ4v) is 3.42. The van der Waals surface area contributed by atoms with Crippen LogP contribution in [0.2, 0.25) is 0 Å². The lowest BCUT2D eigenvalue weighted by Gasteiger charge is -2.38. The van der Waals surface area contributed by atoms with Crippen molar-refractivity contribution in [2.75, 3.05) is 0 Å². The van der Waals surface area contributed by atoms with E-state index in [1.165, 1.54) is 4.90 Å². The summed E-state index contributed by atoms with van der Waals surface area (Å²) in [6.07, 6.45) is 6.25. The van der Waals surface area contributed by atoms with E-state index < -0.39 is 18.7 Å². The Morgan fingerprint density at radius 3 is 1.03 bits per heavy atom. The molecule has 3 unspecified atom stereocenters.